The van der Waals surface area contributed by atoms with Gasteiger partial charge in [0.15, 0.2) is 6.10 Å². The molecule has 0 N–H and O–H groups in total. The number of unbranched alkanes of at least 4 members (excludes halogenated alkanes) is 42. The molecule has 0 aromatic carbocycles. The molecule has 0 saturated heterocycles. The first-order valence-corrected chi connectivity index (χ1v) is 32.0. The maximum absolute atomic E-state index is 12.9. The zero-order valence-corrected chi connectivity index (χ0v) is 48.5. The van der Waals surface area contributed by atoms with Crippen molar-refractivity contribution in [3.8, 4) is 0 Å². The molecular formula is C66H122O6. The Morgan fingerprint density at radius 2 is 0.528 bits per heavy atom. The second kappa shape index (κ2) is 61.2. The molecular weight excluding hydrogens is 889 g/mol. The van der Waals surface area contributed by atoms with Crippen molar-refractivity contribution in [1.29, 1.82) is 0 Å². The summed E-state index contributed by atoms with van der Waals surface area (Å²) in [6, 6.07) is 0. The van der Waals surface area contributed by atoms with Gasteiger partial charge in [-0.25, -0.2) is 0 Å². The first kappa shape index (κ1) is 69.6. The summed E-state index contributed by atoms with van der Waals surface area (Å²) in [6.45, 7) is 6.59. The van der Waals surface area contributed by atoms with Crippen molar-refractivity contribution in [1.82, 2.24) is 0 Å². The van der Waals surface area contributed by atoms with Crippen LogP contribution in [0.15, 0.2) is 36.5 Å². The number of rotatable bonds is 59. The van der Waals surface area contributed by atoms with E-state index in [1.165, 1.54) is 225 Å². The minimum atomic E-state index is -0.777. The van der Waals surface area contributed by atoms with Crippen molar-refractivity contribution in [2.24, 2.45) is 0 Å². The van der Waals surface area contributed by atoms with Gasteiger partial charge in [-0.15, -0.1) is 0 Å². The van der Waals surface area contributed by atoms with Gasteiger partial charge in [-0.3, -0.25) is 14.4 Å². The molecule has 6 nitrogen and oxygen atoms in total. The quantitative estimate of drug-likeness (QED) is 0.0261. The van der Waals surface area contributed by atoms with Crippen LogP contribution in [0.4, 0.5) is 0 Å². The van der Waals surface area contributed by atoms with E-state index < -0.39 is 6.10 Å². The van der Waals surface area contributed by atoms with Crippen molar-refractivity contribution in [2.75, 3.05) is 13.2 Å². The number of ether oxygens (including phenoxy) is 3. The Labute approximate surface area is 448 Å². The van der Waals surface area contributed by atoms with E-state index in [4.69, 9.17) is 14.2 Å². The molecule has 0 amide bonds. The van der Waals surface area contributed by atoms with Gasteiger partial charge in [0, 0.05) is 19.3 Å². The SMILES string of the molecule is CCC/C=C\CCCCCCCC(=O)OCC(COC(=O)CCCCCCCCCCCCCCCCCCCCCCCCCCCCC)OC(=O)CCCCCCCCC/C=C\C/C=C\CCCCC. The molecule has 0 rings (SSSR count). The van der Waals surface area contributed by atoms with Crippen LogP contribution in [0, 0.1) is 0 Å². The topological polar surface area (TPSA) is 78.9 Å². The number of carbonyl (C=O) groups is 3. The Morgan fingerprint density at radius 1 is 0.278 bits per heavy atom. The monoisotopic (exact) mass is 1010 g/mol. The van der Waals surface area contributed by atoms with Gasteiger partial charge in [0.05, 0.1) is 0 Å². The highest BCUT2D eigenvalue weighted by atomic mass is 16.6. The van der Waals surface area contributed by atoms with Crippen LogP contribution >= 0.6 is 0 Å². The van der Waals surface area contributed by atoms with Crippen molar-refractivity contribution in [3.63, 3.8) is 0 Å². The van der Waals surface area contributed by atoms with E-state index in [9.17, 15) is 14.4 Å². The molecule has 0 radical (unpaired) electrons. The standard InChI is InChI=1S/C66H122O6/c1-4-7-10-13-16-19-22-24-26-28-29-30-31-32-33-34-35-36-37-39-40-42-44-47-50-53-56-59-65(68)71-62-63(61-70-64(67)58-55-52-49-46-21-18-15-12-9-6-3)72-66(69)60-57-54-51-48-45-43-41-38-27-25-23-20-17-14-11-8-5-2/h12,15,17,20,25,27,63H,4-11,13-14,16,18-19,21-24,26,28-62H2,1-3H3/b15-12-,20-17-,27-25-. The fourth-order valence-electron chi connectivity index (χ4n) is 9.54. The molecule has 6 heteroatoms. The third kappa shape index (κ3) is 58.5. The summed E-state index contributed by atoms with van der Waals surface area (Å²) in [7, 11) is 0. The van der Waals surface area contributed by atoms with E-state index in [0.29, 0.717) is 19.3 Å². The Kier molecular flexibility index (Phi) is 59.2. The highest BCUT2D eigenvalue weighted by molar-refractivity contribution is 5.71. The summed E-state index contributed by atoms with van der Waals surface area (Å²) >= 11 is 0. The highest BCUT2D eigenvalue weighted by Crippen LogP contribution is 2.18. The number of hydrogen-bond donors (Lipinski definition) is 0. The van der Waals surface area contributed by atoms with E-state index >= 15 is 0 Å². The van der Waals surface area contributed by atoms with E-state index in [2.05, 4.69) is 57.2 Å². The van der Waals surface area contributed by atoms with Gasteiger partial charge in [-0.1, -0.05) is 295 Å². The second-order valence-corrected chi connectivity index (χ2v) is 21.7. The van der Waals surface area contributed by atoms with Gasteiger partial charge in [0.25, 0.3) is 0 Å². The second-order valence-electron chi connectivity index (χ2n) is 21.7. The molecule has 0 aromatic heterocycles. The Bertz CT molecular complexity index is 1210. The normalized spacial score (nSPS) is 12.2. The van der Waals surface area contributed by atoms with Crippen molar-refractivity contribution >= 4 is 17.9 Å². The fourth-order valence-corrected chi connectivity index (χ4v) is 9.54. The van der Waals surface area contributed by atoms with Gasteiger partial charge < -0.3 is 14.2 Å². The lowest BCUT2D eigenvalue weighted by molar-refractivity contribution is -0.167. The molecule has 0 saturated carbocycles. The van der Waals surface area contributed by atoms with E-state index in [-0.39, 0.29) is 31.1 Å². The molecule has 1 atom stereocenters. The first-order chi connectivity index (χ1) is 35.5. The van der Waals surface area contributed by atoms with Crippen molar-refractivity contribution < 1.29 is 28.6 Å². The Hall–Kier alpha value is -2.37. The summed E-state index contributed by atoms with van der Waals surface area (Å²) in [4.78, 5) is 38.2. The molecule has 0 bridgehead atoms. The highest BCUT2D eigenvalue weighted by Gasteiger charge is 2.19. The molecule has 0 aliphatic rings. The molecule has 422 valence electrons. The molecule has 0 aromatic rings. The minimum Gasteiger partial charge on any atom is -0.462 e. The summed E-state index contributed by atoms with van der Waals surface area (Å²) in [5, 5.41) is 0. The van der Waals surface area contributed by atoms with Crippen molar-refractivity contribution in [2.45, 2.75) is 354 Å². The van der Waals surface area contributed by atoms with Gasteiger partial charge in [0.2, 0.25) is 0 Å². The number of allylic oxidation sites excluding steroid dienone is 6. The number of carbonyl (C=O) groups excluding carboxylic acids is 3. The van der Waals surface area contributed by atoms with Crippen LogP contribution in [-0.2, 0) is 28.6 Å². The largest absolute Gasteiger partial charge is 0.462 e. The zero-order chi connectivity index (χ0) is 52.2. The van der Waals surface area contributed by atoms with Crippen LogP contribution in [0.5, 0.6) is 0 Å². The van der Waals surface area contributed by atoms with Crippen molar-refractivity contribution in [3.05, 3.63) is 36.5 Å². The molecule has 1 unspecified atom stereocenters. The molecule has 0 aliphatic heterocycles. The lowest BCUT2D eigenvalue weighted by Crippen LogP contribution is -2.30. The van der Waals surface area contributed by atoms with Gasteiger partial charge in [-0.2, -0.15) is 0 Å². The van der Waals surface area contributed by atoms with Gasteiger partial charge in [-0.05, 0) is 70.6 Å². The molecule has 72 heavy (non-hydrogen) atoms. The van der Waals surface area contributed by atoms with Crippen LogP contribution in [0.2, 0.25) is 0 Å². The third-order valence-electron chi connectivity index (χ3n) is 14.3. The van der Waals surface area contributed by atoms with E-state index in [0.717, 1.165) is 83.5 Å². The predicted octanol–water partition coefficient (Wildman–Crippen LogP) is 21.6. The Balaban J connectivity index is 4.14. The van der Waals surface area contributed by atoms with Crippen LogP contribution in [0.3, 0.4) is 0 Å². The summed E-state index contributed by atoms with van der Waals surface area (Å²) in [5.41, 5.74) is 0. The molecule has 0 aliphatic carbocycles. The fraction of sp³-hybridized carbons (Fsp3) is 0.864. The minimum absolute atomic E-state index is 0.0744. The molecule has 0 heterocycles. The summed E-state index contributed by atoms with van der Waals surface area (Å²) < 4.78 is 16.9. The third-order valence-corrected chi connectivity index (χ3v) is 14.3. The average molecular weight is 1010 g/mol. The predicted molar refractivity (Wildman–Crippen MR) is 312 cm³/mol. The van der Waals surface area contributed by atoms with Crippen LogP contribution in [-0.4, -0.2) is 37.2 Å². The van der Waals surface area contributed by atoms with E-state index in [1.54, 1.807) is 0 Å². The zero-order valence-electron chi connectivity index (χ0n) is 48.5. The lowest BCUT2D eigenvalue weighted by Gasteiger charge is -2.18. The van der Waals surface area contributed by atoms with Crippen LogP contribution < -0.4 is 0 Å². The summed E-state index contributed by atoms with van der Waals surface area (Å²) in [5.74, 6) is -0.874. The Morgan fingerprint density at radius 3 is 0.861 bits per heavy atom. The maximum Gasteiger partial charge on any atom is 0.306 e. The molecule has 0 fully saturated rings. The average Bonchev–Trinajstić information content (AvgIpc) is 3.38. The smallest absolute Gasteiger partial charge is 0.306 e. The van der Waals surface area contributed by atoms with Gasteiger partial charge in [0.1, 0.15) is 13.2 Å². The van der Waals surface area contributed by atoms with Gasteiger partial charge >= 0.3 is 17.9 Å². The number of esters is 3. The van der Waals surface area contributed by atoms with Crippen LogP contribution in [0.1, 0.15) is 348 Å². The van der Waals surface area contributed by atoms with Crippen LogP contribution in [0.25, 0.3) is 0 Å². The number of hydrogen-bond acceptors (Lipinski definition) is 6. The maximum atomic E-state index is 12.9. The van der Waals surface area contributed by atoms with E-state index in [1.807, 2.05) is 0 Å². The summed E-state index contributed by atoms with van der Waals surface area (Å²) in [6.07, 6.45) is 74.6. The first-order valence-electron chi connectivity index (χ1n) is 32.0. The lowest BCUT2D eigenvalue weighted by atomic mass is 10.0. The molecule has 0 spiro atoms.